The lowest BCUT2D eigenvalue weighted by molar-refractivity contribution is -0.133. The van der Waals surface area contributed by atoms with Gasteiger partial charge in [0.25, 0.3) is 5.95 Å². The minimum absolute atomic E-state index is 0.285. The molecule has 1 aromatic rings. The Balaban J connectivity index is 2.74. The van der Waals surface area contributed by atoms with Gasteiger partial charge < -0.3 is 9.15 Å². The minimum Gasteiger partial charge on any atom is -0.434 e. The summed E-state index contributed by atoms with van der Waals surface area (Å²) in [7, 11) is 0. The molecule has 0 bridgehead atoms. The third-order valence-electron chi connectivity index (χ3n) is 1.05. The van der Waals surface area contributed by atoms with E-state index in [9.17, 15) is 4.79 Å². The van der Waals surface area contributed by atoms with Gasteiger partial charge in [-0.25, -0.2) is 0 Å². The van der Waals surface area contributed by atoms with Gasteiger partial charge in [0.15, 0.2) is 0 Å². The fourth-order valence-corrected chi connectivity index (χ4v) is 0.594. The number of rotatable bonds is 1. The molecular weight excluding hydrogens is 132 g/mol. The van der Waals surface area contributed by atoms with Gasteiger partial charge in [0, 0.05) is 12.5 Å². The summed E-state index contributed by atoms with van der Waals surface area (Å²) in [6.07, 6.45) is 1.48. The molecule has 0 amide bonds. The molecule has 3 nitrogen and oxygen atoms in total. The predicted molar refractivity (Wildman–Crippen MR) is 34.8 cm³/mol. The molecule has 0 radical (unpaired) electrons. The molecule has 1 aromatic heterocycles. The number of esters is 1. The van der Waals surface area contributed by atoms with Gasteiger partial charge in [-0.2, -0.15) is 0 Å². The van der Waals surface area contributed by atoms with Gasteiger partial charge in [0.1, 0.15) is 0 Å². The van der Waals surface area contributed by atoms with Crippen molar-refractivity contribution in [2.45, 2.75) is 13.8 Å². The van der Waals surface area contributed by atoms with Crippen molar-refractivity contribution in [2.24, 2.45) is 0 Å². The van der Waals surface area contributed by atoms with Gasteiger partial charge in [-0.05, 0) is 13.0 Å². The molecule has 1 rings (SSSR count). The summed E-state index contributed by atoms with van der Waals surface area (Å²) in [4.78, 5) is 10.4. The van der Waals surface area contributed by atoms with Crippen LogP contribution in [0.15, 0.2) is 16.7 Å². The average Bonchev–Trinajstić information content (AvgIpc) is 2.15. The first-order chi connectivity index (χ1) is 4.70. The van der Waals surface area contributed by atoms with E-state index in [1.54, 1.807) is 6.07 Å². The maximum atomic E-state index is 10.4. The number of hydrogen-bond donors (Lipinski definition) is 0. The van der Waals surface area contributed by atoms with Crippen molar-refractivity contribution in [2.75, 3.05) is 0 Å². The third kappa shape index (κ3) is 1.37. The first kappa shape index (κ1) is 6.86. The number of ether oxygens (including phenoxy) is 1. The highest BCUT2D eigenvalue weighted by atomic mass is 16.6. The summed E-state index contributed by atoms with van der Waals surface area (Å²) in [6, 6.07) is 1.73. The Hall–Kier alpha value is -1.25. The fourth-order valence-electron chi connectivity index (χ4n) is 0.594. The quantitative estimate of drug-likeness (QED) is 0.555. The first-order valence-electron chi connectivity index (χ1n) is 2.92. The Bertz CT molecular complexity index is 237. The number of aryl methyl sites for hydroxylation is 1. The number of carbonyl (C=O) groups is 1. The molecule has 0 N–H and O–H groups in total. The molecule has 1 heterocycles. The molecule has 3 heteroatoms. The highest BCUT2D eigenvalue weighted by molar-refractivity contribution is 5.68. The van der Waals surface area contributed by atoms with Crippen LogP contribution in [0.5, 0.6) is 5.95 Å². The molecule has 0 unspecified atom stereocenters. The molecule has 0 spiro atoms. The van der Waals surface area contributed by atoms with Crippen LogP contribution < -0.4 is 4.74 Å². The molecule has 0 saturated carbocycles. The zero-order chi connectivity index (χ0) is 7.56. The van der Waals surface area contributed by atoms with Crippen molar-refractivity contribution in [3.8, 4) is 5.95 Å². The van der Waals surface area contributed by atoms with Crippen molar-refractivity contribution < 1.29 is 13.9 Å². The molecule has 0 aliphatic carbocycles. The second kappa shape index (κ2) is 2.56. The minimum atomic E-state index is -0.363. The van der Waals surface area contributed by atoms with Crippen molar-refractivity contribution >= 4 is 5.97 Å². The lowest BCUT2D eigenvalue weighted by Crippen LogP contribution is -2.00. The Morgan fingerprint density at radius 1 is 1.70 bits per heavy atom. The van der Waals surface area contributed by atoms with Crippen molar-refractivity contribution in [3.63, 3.8) is 0 Å². The zero-order valence-electron chi connectivity index (χ0n) is 5.88. The van der Waals surface area contributed by atoms with E-state index in [0.29, 0.717) is 0 Å². The van der Waals surface area contributed by atoms with Gasteiger partial charge in [-0.1, -0.05) is 0 Å². The highest BCUT2D eigenvalue weighted by Gasteiger charge is 2.03. The Morgan fingerprint density at radius 2 is 2.40 bits per heavy atom. The van der Waals surface area contributed by atoms with Crippen LogP contribution in [0.4, 0.5) is 0 Å². The van der Waals surface area contributed by atoms with E-state index in [0.717, 1.165) is 5.56 Å². The molecule has 10 heavy (non-hydrogen) atoms. The Morgan fingerprint density at radius 3 is 2.80 bits per heavy atom. The van der Waals surface area contributed by atoms with Crippen LogP contribution in [0.25, 0.3) is 0 Å². The largest absolute Gasteiger partial charge is 0.434 e. The van der Waals surface area contributed by atoms with Crippen molar-refractivity contribution in [3.05, 3.63) is 17.9 Å². The predicted octanol–water partition coefficient (Wildman–Crippen LogP) is 1.51. The number of hydrogen-bond acceptors (Lipinski definition) is 3. The second-order valence-electron chi connectivity index (χ2n) is 1.98. The van der Waals surface area contributed by atoms with Crippen LogP contribution in [0.2, 0.25) is 0 Å². The Kier molecular flexibility index (Phi) is 1.76. The molecule has 0 aliphatic heterocycles. The fraction of sp³-hybridized carbons (Fsp3) is 0.286. The monoisotopic (exact) mass is 140 g/mol. The van der Waals surface area contributed by atoms with E-state index in [-0.39, 0.29) is 11.9 Å². The van der Waals surface area contributed by atoms with Crippen molar-refractivity contribution in [1.82, 2.24) is 0 Å². The second-order valence-corrected chi connectivity index (χ2v) is 1.98. The maximum Gasteiger partial charge on any atom is 0.310 e. The lowest BCUT2D eigenvalue weighted by Gasteiger charge is -1.94. The molecule has 0 aromatic carbocycles. The third-order valence-corrected chi connectivity index (χ3v) is 1.05. The maximum absolute atomic E-state index is 10.4. The summed E-state index contributed by atoms with van der Waals surface area (Å²) < 4.78 is 9.51. The number of furan rings is 1. The van der Waals surface area contributed by atoms with E-state index in [1.807, 2.05) is 6.92 Å². The zero-order valence-corrected chi connectivity index (χ0v) is 5.88. The molecule has 0 atom stereocenters. The topological polar surface area (TPSA) is 39.4 Å². The van der Waals surface area contributed by atoms with Gasteiger partial charge in [0.2, 0.25) is 0 Å². The highest BCUT2D eigenvalue weighted by Crippen LogP contribution is 2.17. The van der Waals surface area contributed by atoms with Gasteiger partial charge >= 0.3 is 5.97 Å². The summed E-state index contributed by atoms with van der Waals surface area (Å²) >= 11 is 0. The standard InChI is InChI=1S/C7H8O3/c1-5-3-4-9-7(5)10-6(2)8/h3-4H,1-2H3. The molecule has 0 fully saturated rings. The normalized spacial score (nSPS) is 9.40. The van der Waals surface area contributed by atoms with Gasteiger partial charge in [0.05, 0.1) is 6.26 Å². The first-order valence-corrected chi connectivity index (χ1v) is 2.92. The van der Waals surface area contributed by atoms with E-state index >= 15 is 0 Å². The summed E-state index contributed by atoms with van der Waals surface area (Å²) in [5.74, 6) is -0.0782. The SMILES string of the molecule is CC(=O)Oc1occc1C. The van der Waals surface area contributed by atoms with Crippen LogP contribution in [0.1, 0.15) is 12.5 Å². The smallest absolute Gasteiger partial charge is 0.310 e. The molecule has 54 valence electrons. The molecular formula is C7H8O3. The van der Waals surface area contributed by atoms with E-state index < -0.39 is 0 Å². The molecule has 0 aliphatic rings. The molecule has 0 saturated heterocycles. The van der Waals surface area contributed by atoms with Crippen LogP contribution in [-0.4, -0.2) is 5.97 Å². The Labute approximate surface area is 58.6 Å². The van der Waals surface area contributed by atoms with Gasteiger partial charge in [-0.3, -0.25) is 4.79 Å². The van der Waals surface area contributed by atoms with Crippen molar-refractivity contribution in [1.29, 1.82) is 0 Å². The van der Waals surface area contributed by atoms with Gasteiger partial charge in [-0.15, -0.1) is 0 Å². The summed E-state index contributed by atoms with van der Waals surface area (Å²) in [5, 5.41) is 0. The summed E-state index contributed by atoms with van der Waals surface area (Å²) in [6.45, 7) is 3.14. The van der Waals surface area contributed by atoms with Crippen LogP contribution in [-0.2, 0) is 4.79 Å². The van der Waals surface area contributed by atoms with E-state index in [4.69, 9.17) is 4.42 Å². The lowest BCUT2D eigenvalue weighted by atomic mass is 10.4. The van der Waals surface area contributed by atoms with Crippen LogP contribution in [0.3, 0.4) is 0 Å². The average molecular weight is 140 g/mol. The van der Waals surface area contributed by atoms with Crippen LogP contribution >= 0.6 is 0 Å². The van der Waals surface area contributed by atoms with Crippen LogP contribution in [0, 0.1) is 6.92 Å². The number of carbonyl (C=O) groups excluding carboxylic acids is 1. The summed E-state index contributed by atoms with van der Waals surface area (Å²) in [5.41, 5.74) is 0.829. The van der Waals surface area contributed by atoms with E-state index in [1.165, 1.54) is 13.2 Å². The van der Waals surface area contributed by atoms with E-state index in [2.05, 4.69) is 4.74 Å².